The molecule has 154 valence electrons. The van der Waals surface area contributed by atoms with Gasteiger partial charge in [-0.1, -0.05) is 23.7 Å². The minimum atomic E-state index is -3.80. The summed E-state index contributed by atoms with van der Waals surface area (Å²) in [6.45, 7) is 0.769. The highest BCUT2D eigenvalue weighted by molar-refractivity contribution is 7.90. The molecule has 1 heterocycles. The van der Waals surface area contributed by atoms with Crippen LogP contribution in [0.15, 0.2) is 41.3 Å². The van der Waals surface area contributed by atoms with Gasteiger partial charge < -0.3 is 9.80 Å². The number of carbonyl (C=O) groups is 1. The number of piperazine rings is 1. The van der Waals surface area contributed by atoms with Crippen LogP contribution in [0.1, 0.15) is 10.4 Å². The molecule has 1 aliphatic rings. The molecule has 11 heteroatoms. The van der Waals surface area contributed by atoms with Crippen molar-refractivity contribution in [1.29, 1.82) is 0 Å². The first kappa shape index (κ1) is 21.0. The molecule has 1 saturated heterocycles. The molecular formula is C18H17ClFN3O5S. The zero-order valence-electron chi connectivity index (χ0n) is 15.3. The van der Waals surface area contributed by atoms with Gasteiger partial charge in [0.05, 0.1) is 15.5 Å². The van der Waals surface area contributed by atoms with Crippen molar-refractivity contribution in [2.45, 2.75) is 4.90 Å². The number of halogens is 2. The highest BCUT2D eigenvalue weighted by Gasteiger charge is 2.32. The number of hydrogen-bond acceptors (Lipinski definition) is 6. The average Bonchev–Trinajstić information content (AvgIpc) is 2.66. The van der Waals surface area contributed by atoms with Crippen molar-refractivity contribution < 1.29 is 22.5 Å². The largest absolute Gasteiger partial charge is 0.362 e. The van der Waals surface area contributed by atoms with Gasteiger partial charge in [-0.25, -0.2) is 12.8 Å². The Morgan fingerprint density at radius 2 is 1.76 bits per heavy atom. The molecule has 2 aromatic rings. The standard InChI is InChI=1S/C18H17ClFN3O5S/c1-29(27,28)15-7-3-6-14(17(15)23(25)26)21-8-10-22(11-9-21)18(24)16-12(19)4-2-5-13(16)20/h2-7H,8-11H2,1H3. The zero-order valence-corrected chi connectivity index (χ0v) is 16.9. The lowest BCUT2D eigenvalue weighted by molar-refractivity contribution is -0.387. The molecule has 0 spiro atoms. The first-order valence-electron chi connectivity index (χ1n) is 8.57. The Bertz CT molecular complexity index is 1060. The fourth-order valence-electron chi connectivity index (χ4n) is 3.26. The van der Waals surface area contributed by atoms with Crippen LogP contribution in [0.3, 0.4) is 0 Å². The van der Waals surface area contributed by atoms with Crippen molar-refractivity contribution in [2.24, 2.45) is 0 Å². The van der Waals surface area contributed by atoms with Crippen molar-refractivity contribution in [1.82, 2.24) is 4.90 Å². The van der Waals surface area contributed by atoms with Gasteiger partial charge in [0.15, 0.2) is 9.84 Å². The number of nitro benzene ring substituents is 1. The lowest BCUT2D eigenvalue weighted by atomic mass is 10.1. The molecule has 0 aromatic heterocycles. The van der Waals surface area contributed by atoms with E-state index < -0.39 is 32.2 Å². The fourth-order valence-corrected chi connectivity index (χ4v) is 4.36. The van der Waals surface area contributed by atoms with Crippen molar-refractivity contribution in [3.8, 4) is 0 Å². The SMILES string of the molecule is CS(=O)(=O)c1cccc(N2CCN(C(=O)c3c(F)cccc3Cl)CC2)c1[N+](=O)[O-]. The van der Waals surface area contributed by atoms with Gasteiger partial charge in [0.2, 0.25) is 0 Å². The summed E-state index contributed by atoms with van der Waals surface area (Å²) in [7, 11) is -3.80. The summed E-state index contributed by atoms with van der Waals surface area (Å²) in [5, 5.41) is 11.6. The molecule has 0 N–H and O–H groups in total. The molecule has 0 atom stereocenters. The van der Waals surface area contributed by atoms with Crippen molar-refractivity contribution in [3.63, 3.8) is 0 Å². The molecule has 3 rings (SSSR count). The van der Waals surface area contributed by atoms with E-state index in [2.05, 4.69) is 0 Å². The molecule has 2 aromatic carbocycles. The topological polar surface area (TPSA) is 101 Å². The van der Waals surface area contributed by atoms with E-state index in [9.17, 15) is 27.7 Å². The number of carbonyl (C=O) groups excluding carboxylic acids is 1. The van der Waals surface area contributed by atoms with Crippen LogP contribution in [0.5, 0.6) is 0 Å². The maximum atomic E-state index is 14.0. The predicted molar refractivity (Wildman–Crippen MR) is 106 cm³/mol. The maximum Gasteiger partial charge on any atom is 0.311 e. The van der Waals surface area contributed by atoms with Crippen LogP contribution in [0.25, 0.3) is 0 Å². The number of sulfone groups is 1. The van der Waals surface area contributed by atoms with Gasteiger partial charge in [-0.15, -0.1) is 0 Å². The van der Waals surface area contributed by atoms with Crippen molar-refractivity contribution in [2.75, 3.05) is 37.3 Å². The quantitative estimate of drug-likeness (QED) is 0.534. The number of nitrogens with zero attached hydrogens (tertiary/aromatic N) is 3. The number of nitro groups is 1. The van der Waals surface area contributed by atoms with Gasteiger partial charge in [-0.2, -0.15) is 0 Å². The van der Waals surface area contributed by atoms with Crippen LogP contribution in [-0.2, 0) is 9.84 Å². The van der Waals surface area contributed by atoms with Crippen LogP contribution in [0.2, 0.25) is 5.02 Å². The molecule has 0 bridgehead atoms. The highest BCUT2D eigenvalue weighted by atomic mass is 35.5. The molecule has 1 aliphatic heterocycles. The Morgan fingerprint density at radius 3 is 2.31 bits per heavy atom. The molecule has 1 fully saturated rings. The Hall–Kier alpha value is -2.72. The molecule has 8 nitrogen and oxygen atoms in total. The lowest BCUT2D eigenvalue weighted by Crippen LogP contribution is -2.49. The van der Waals surface area contributed by atoms with E-state index in [0.29, 0.717) is 0 Å². The minimum Gasteiger partial charge on any atom is -0.362 e. The second-order valence-electron chi connectivity index (χ2n) is 6.53. The van der Waals surface area contributed by atoms with E-state index in [-0.39, 0.29) is 47.3 Å². The molecule has 0 unspecified atom stereocenters. The smallest absolute Gasteiger partial charge is 0.311 e. The molecule has 0 aliphatic carbocycles. The molecule has 0 saturated carbocycles. The molecule has 0 radical (unpaired) electrons. The van der Waals surface area contributed by atoms with E-state index in [1.165, 1.54) is 35.2 Å². The Labute approximate surface area is 171 Å². The van der Waals surface area contributed by atoms with E-state index in [4.69, 9.17) is 11.6 Å². The summed E-state index contributed by atoms with van der Waals surface area (Å²) in [6, 6.07) is 8.08. The van der Waals surface area contributed by atoms with Gasteiger partial charge in [-0.05, 0) is 24.3 Å². The lowest BCUT2D eigenvalue weighted by Gasteiger charge is -2.36. The average molecular weight is 442 g/mol. The number of hydrogen-bond donors (Lipinski definition) is 0. The summed E-state index contributed by atoms with van der Waals surface area (Å²) in [6.07, 6.45) is 0.911. The van der Waals surface area contributed by atoms with Crippen LogP contribution >= 0.6 is 11.6 Å². The normalized spacial score (nSPS) is 14.7. The third-order valence-corrected chi connectivity index (χ3v) is 6.09. The summed E-state index contributed by atoms with van der Waals surface area (Å²) in [5.74, 6) is -1.28. The van der Waals surface area contributed by atoms with E-state index in [1.807, 2.05) is 0 Å². The molecule has 1 amide bonds. The first-order chi connectivity index (χ1) is 13.6. The Morgan fingerprint density at radius 1 is 1.14 bits per heavy atom. The number of para-hydroxylation sites is 1. The van der Waals surface area contributed by atoms with Crippen LogP contribution in [-0.4, -0.2) is 56.6 Å². The highest BCUT2D eigenvalue weighted by Crippen LogP contribution is 2.35. The van der Waals surface area contributed by atoms with Gasteiger partial charge >= 0.3 is 5.69 Å². The monoisotopic (exact) mass is 441 g/mol. The number of rotatable bonds is 4. The summed E-state index contributed by atoms with van der Waals surface area (Å²) < 4.78 is 37.9. The number of anilines is 1. The van der Waals surface area contributed by atoms with Crippen LogP contribution < -0.4 is 4.90 Å². The maximum absolute atomic E-state index is 14.0. The summed E-state index contributed by atoms with van der Waals surface area (Å²) in [4.78, 5) is 26.2. The summed E-state index contributed by atoms with van der Waals surface area (Å²) in [5.41, 5.74) is -0.548. The Kier molecular flexibility index (Phi) is 5.76. The van der Waals surface area contributed by atoms with Crippen LogP contribution in [0, 0.1) is 15.9 Å². The molecule has 29 heavy (non-hydrogen) atoms. The third-order valence-electron chi connectivity index (χ3n) is 4.64. The second kappa shape index (κ2) is 7.96. The van der Waals surface area contributed by atoms with E-state index in [1.54, 1.807) is 4.90 Å². The molecular weight excluding hydrogens is 425 g/mol. The van der Waals surface area contributed by atoms with Gasteiger partial charge in [0.1, 0.15) is 16.4 Å². The van der Waals surface area contributed by atoms with E-state index >= 15 is 0 Å². The Balaban J connectivity index is 1.85. The zero-order chi connectivity index (χ0) is 21.3. The third kappa shape index (κ3) is 4.18. The summed E-state index contributed by atoms with van der Waals surface area (Å²) >= 11 is 5.95. The van der Waals surface area contributed by atoms with E-state index in [0.717, 1.165) is 12.3 Å². The minimum absolute atomic E-state index is 0.00826. The van der Waals surface area contributed by atoms with Crippen molar-refractivity contribution in [3.05, 3.63) is 62.9 Å². The second-order valence-corrected chi connectivity index (χ2v) is 8.92. The van der Waals surface area contributed by atoms with Crippen LogP contribution in [0.4, 0.5) is 15.8 Å². The van der Waals surface area contributed by atoms with Gasteiger partial charge in [0, 0.05) is 32.4 Å². The van der Waals surface area contributed by atoms with Gasteiger partial charge in [-0.3, -0.25) is 14.9 Å². The first-order valence-corrected chi connectivity index (χ1v) is 10.8. The predicted octanol–water partition coefficient (Wildman–Crippen LogP) is 2.75. The number of benzene rings is 2. The fraction of sp³-hybridized carbons (Fsp3) is 0.278. The van der Waals surface area contributed by atoms with Crippen molar-refractivity contribution >= 4 is 38.7 Å². The van der Waals surface area contributed by atoms with Gasteiger partial charge in [0.25, 0.3) is 5.91 Å². The number of amides is 1.